The maximum Gasteiger partial charge on any atom is 0.236 e. The Labute approximate surface area is 130 Å². The summed E-state index contributed by atoms with van der Waals surface area (Å²) in [6.07, 6.45) is 0. The van der Waals surface area contributed by atoms with Crippen LogP contribution >= 0.6 is 23.2 Å². The van der Waals surface area contributed by atoms with Crippen LogP contribution in [0, 0.1) is 0 Å². The molecule has 1 aliphatic heterocycles. The second kappa shape index (κ2) is 5.98. The highest BCUT2D eigenvalue weighted by atomic mass is 35.5. The van der Waals surface area contributed by atoms with E-state index in [9.17, 15) is 8.42 Å². The lowest BCUT2D eigenvalue weighted by Gasteiger charge is -2.16. The number of nitrogens with one attached hydrogen (secondary N) is 2. The average molecular weight is 355 g/mol. The number of halogens is 2. The Morgan fingerprint density at radius 3 is 2.60 bits per heavy atom. The summed E-state index contributed by atoms with van der Waals surface area (Å²) in [5.41, 5.74) is 0.996. The lowest BCUT2D eigenvalue weighted by atomic mass is 10.2. The molecule has 0 aromatic heterocycles. The summed E-state index contributed by atoms with van der Waals surface area (Å²) in [6, 6.07) is 1.45. The highest BCUT2D eigenvalue weighted by Gasteiger charge is 2.25. The van der Waals surface area contributed by atoms with Crippen molar-refractivity contribution in [2.24, 2.45) is 8.73 Å². The third-order valence-electron chi connectivity index (χ3n) is 2.71. The van der Waals surface area contributed by atoms with Crippen LogP contribution in [0.25, 0.3) is 0 Å². The molecule has 0 saturated carbocycles. The Kier molecular flexibility index (Phi) is 4.70. The fraction of sp³-hybridized carbons (Fsp3) is 0.400. The molecule has 0 spiro atoms. The van der Waals surface area contributed by atoms with E-state index in [1.165, 1.54) is 6.07 Å². The van der Waals surface area contributed by atoms with Crippen molar-refractivity contribution in [1.29, 1.82) is 0 Å². The topological polar surface area (TPSA) is 82.9 Å². The van der Waals surface area contributed by atoms with Gasteiger partial charge in [0.2, 0.25) is 10.0 Å². The van der Waals surface area contributed by atoms with Crippen molar-refractivity contribution in [3.8, 4) is 0 Å². The molecule has 110 valence electrons. The molecule has 1 unspecified atom stereocenters. The quantitative estimate of drug-likeness (QED) is 0.865. The van der Waals surface area contributed by atoms with Gasteiger partial charge < -0.3 is 5.32 Å². The van der Waals surface area contributed by atoms with Crippen LogP contribution < -0.4 is 10.0 Å². The molecule has 20 heavy (non-hydrogen) atoms. The maximum atomic E-state index is 12.2. The Hall–Kier alpha value is -0.670. The minimum atomic E-state index is -3.58. The molecule has 1 aromatic carbocycles. The highest BCUT2D eigenvalue weighted by Crippen LogP contribution is 2.48. The summed E-state index contributed by atoms with van der Waals surface area (Å²) in [4.78, 5) is 0. The van der Waals surface area contributed by atoms with E-state index in [-0.39, 0.29) is 10.7 Å². The molecular formula is C10H12Cl2N4O2S2. The van der Waals surface area contributed by atoms with Gasteiger partial charge in [-0.15, -0.1) is 0 Å². The summed E-state index contributed by atoms with van der Waals surface area (Å²) in [5, 5.41) is 2.72. The number of fused-ring (bicyclic) bond motifs is 1. The number of anilines is 1. The normalized spacial score (nSPS) is 14.8. The Balaban J connectivity index is 2.41. The van der Waals surface area contributed by atoms with Gasteiger partial charge in [0.25, 0.3) is 0 Å². The lowest BCUT2D eigenvalue weighted by molar-refractivity contribution is 0.584. The number of hydrogen-bond acceptors (Lipinski definition) is 5. The zero-order chi connectivity index (χ0) is 14.9. The molecule has 0 radical (unpaired) electrons. The molecule has 1 atom stereocenters. The second-order valence-electron chi connectivity index (χ2n) is 4.19. The van der Waals surface area contributed by atoms with Gasteiger partial charge in [-0.25, -0.2) is 8.42 Å². The fourth-order valence-corrected chi connectivity index (χ4v) is 3.91. The van der Waals surface area contributed by atoms with Crippen LogP contribution in [-0.2, 0) is 21.4 Å². The van der Waals surface area contributed by atoms with Crippen molar-refractivity contribution < 1.29 is 8.42 Å². The highest BCUT2D eigenvalue weighted by molar-refractivity contribution is 7.93. The lowest BCUT2D eigenvalue weighted by Crippen LogP contribution is -2.33. The van der Waals surface area contributed by atoms with Crippen LogP contribution in [0.1, 0.15) is 6.92 Å². The molecule has 10 heteroatoms. The van der Waals surface area contributed by atoms with Gasteiger partial charge in [0.15, 0.2) is 0 Å². The molecule has 2 rings (SSSR count). The predicted octanol–water partition coefficient (Wildman–Crippen LogP) is 3.07. The Bertz CT molecular complexity index is 714. The largest absolute Gasteiger partial charge is 0.318 e. The molecule has 0 fully saturated rings. The standard InChI is InChI=1S/C10H12Cl2N4O2S2/c1-5(4-13-2)20(17,18)16-9-7(12)3-6(11)8-10(9)15-19-14-8/h3,5,13,16H,4H2,1-2H3. The Morgan fingerprint density at radius 2 is 1.95 bits per heavy atom. The zero-order valence-electron chi connectivity index (χ0n) is 10.6. The van der Waals surface area contributed by atoms with Gasteiger partial charge in [-0.3, -0.25) is 4.72 Å². The predicted molar refractivity (Wildman–Crippen MR) is 83.9 cm³/mol. The van der Waals surface area contributed by atoms with E-state index in [2.05, 4.69) is 18.8 Å². The third-order valence-corrected chi connectivity index (χ3v) is 5.54. The van der Waals surface area contributed by atoms with Crippen molar-refractivity contribution >= 4 is 61.6 Å². The van der Waals surface area contributed by atoms with E-state index < -0.39 is 15.3 Å². The third kappa shape index (κ3) is 2.99. The van der Waals surface area contributed by atoms with Gasteiger partial charge in [0.1, 0.15) is 11.4 Å². The first-order chi connectivity index (χ1) is 9.36. The summed E-state index contributed by atoms with van der Waals surface area (Å²) in [6.45, 7) is 1.91. The first-order valence-electron chi connectivity index (χ1n) is 5.63. The first kappa shape index (κ1) is 15.7. The van der Waals surface area contributed by atoms with E-state index in [1.54, 1.807) is 14.0 Å². The van der Waals surface area contributed by atoms with Crippen LogP contribution in [0.4, 0.5) is 17.1 Å². The molecule has 1 heterocycles. The summed E-state index contributed by atoms with van der Waals surface area (Å²) in [5.74, 6) is 0. The molecule has 6 nitrogen and oxygen atoms in total. The van der Waals surface area contributed by atoms with Gasteiger partial charge in [-0.1, -0.05) is 23.2 Å². The Morgan fingerprint density at radius 1 is 1.30 bits per heavy atom. The van der Waals surface area contributed by atoms with Gasteiger partial charge in [0, 0.05) is 6.54 Å². The van der Waals surface area contributed by atoms with Gasteiger partial charge in [-0.2, -0.15) is 8.73 Å². The van der Waals surface area contributed by atoms with Crippen molar-refractivity contribution in [1.82, 2.24) is 5.32 Å². The van der Waals surface area contributed by atoms with E-state index in [1.807, 2.05) is 0 Å². The number of sulfonamides is 1. The van der Waals surface area contributed by atoms with Crippen LogP contribution in [0.2, 0.25) is 10.0 Å². The molecule has 1 aliphatic rings. The molecule has 2 N–H and O–H groups in total. The monoisotopic (exact) mass is 354 g/mol. The minimum Gasteiger partial charge on any atom is -0.318 e. The second-order valence-corrected chi connectivity index (χ2v) is 7.63. The van der Waals surface area contributed by atoms with Crippen LogP contribution in [0.15, 0.2) is 14.8 Å². The average Bonchev–Trinajstić information content (AvgIpc) is 2.84. The van der Waals surface area contributed by atoms with E-state index in [0.717, 1.165) is 11.4 Å². The number of hydrogen-bond donors (Lipinski definition) is 2. The molecule has 0 bridgehead atoms. The first-order valence-corrected chi connectivity index (χ1v) is 8.66. The maximum absolute atomic E-state index is 12.2. The molecule has 0 amide bonds. The zero-order valence-corrected chi connectivity index (χ0v) is 13.8. The van der Waals surface area contributed by atoms with Crippen molar-refractivity contribution in [3.05, 3.63) is 16.1 Å². The summed E-state index contributed by atoms with van der Waals surface area (Å²) >= 11 is 13.0. The molecular weight excluding hydrogens is 343 g/mol. The smallest absolute Gasteiger partial charge is 0.236 e. The summed E-state index contributed by atoms with van der Waals surface area (Å²) < 4.78 is 35.0. The van der Waals surface area contributed by atoms with Crippen LogP contribution in [-0.4, -0.2) is 27.3 Å². The number of benzene rings is 1. The van der Waals surface area contributed by atoms with Gasteiger partial charge >= 0.3 is 0 Å². The fourth-order valence-electron chi connectivity index (χ4n) is 1.61. The molecule has 0 aliphatic carbocycles. The SMILES string of the molecule is CNCC(C)S(=O)(=O)Nc1c(Cl)cc(Cl)c2c1N=S=N2. The van der Waals surface area contributed by atoms with Crippen LogP contribution in [0.3, 0.4) is 0 Å². The van der Waals surface area contributed by atoms with Gasteiger partial charge in [-0.05, 0) is 20.0 Å². The molecule has 0 saturated heterocycles. The minimum absolute atomic E-state index is 0.190. The van der Waals surface area contributed by atoms with E-state index in [0.29, 0.717) is 22.9 Å². The number of rotatable bonds is 5. The van der Waals surface area contributed by atoms with E-state index in [4.69, 9.17) is 23.2 Å². The van der Waals surface area contributed by atoms with Crippen LogP contribution in [0.5, 0.6) is 0 Å². The molecule has 1 aromatic rings. The van der Waals surface area contributed by atoms with E-state index >= 15 is 0 Å². The van der Waals surface area contributed by atoms with Crippen molar-refractivity contribution in [2.75, 3.05) is 18.3 Å². The van der Waals surface area contributed by atoms with Crippen molar-refractivity contribution in [2.45, 2.75) is 12.2 Å². The number of nitrogens with zero attached hydrogens (tertiary/aromatic N) is 2. The van der Waals surface area contributed by atoms with Gasteiger partial charge in [0.05, 0.1) is 32.3 Å². The summed E-state index contributed by atoms with van der Waals surface area (Å²) in [7, 11) is -1.90. The van der Waals surface area contributed by atoms with Crippen molar-refractivity contribution in [3.63, 3.8) is 0 Å².